The van der Waals surface area contributed by atoms with Crippen LogP contribution in [0.2, 0.25) is 0 Å². The third kappa shape index (κ3) is 3.64. The van der Waals surface area contributed by atoms with E-state index >= 15 is 0 Å². The van der Waals surface area contributed by atoms with E-state index in [1.54, 1.807) is 12.1 Å². The van der Waals surface area contributed by atoms with Gasteiger partial charge in [0.2, 0.25) is 0 Å². The third-order valence-corrected chi connectivity index (χ3v) is 4.08. The first-order valence-corrected chi connectivity index (χ1v) is 7.39. The molecule has 1 aliphatic heterocycles. The van der Waals surface area contributed by atoms with E-state index < -0.39 is 17.9 Å². The molecule has 0 aliphatic carbocycles. The van der Waals surface area contributed by atoms with E-state index in [1.807, 2.05) is 13.0 Å². The fraction of sp³-hybridized carbons (Fsp3) is 0.529. The highest BCUT2D eigenvalue weighted by Gasteiger charge is 2.39. The highest BCUT2D eigenvalue weighted by atomic mass is 16.5. The zero-order valence-corrected chi connectivity index (χ0v) is 13.0. The van der Waals surface area contributed by atoms with Crippen molar-refractivity contribution in [3.05, 3.63) is 41.0 Å². The van der Waals surface area contributed by atoms with Crippen molar-refractivity contribution in [2.24, 2.45) is 5.73 Å². The summed E-state index contributed by atoms with van der Waals surface area (Å²) < 4.78 is 6.05. The summed E-state index contributed by atoms with van der Waals surface area (Å²) >= 11 is 0. The summed E-state index contributed by atoms with van der Waals surface area (Å²) in [6, 6.07) is 5.39. The molecule has 0 amide bonds. The Hall–Kier alpha value is -1.36. The minimum Gasteiger partial charge on any atom is -0.485 e. The van der Waals surface area contributed by atoms with Gasteiger partial charge in [0.1, 0.15) is 17.6 Å². The normalized spacial score (nSPS) is 25.7. The standard InChI is InChI=1S/C17H25NO3/c1-11(2)5-4-8-17(3)15(19)10-13-9-12(16(18)20)6-7-14(13)21-17/h5-7,9,15-16,19-20H,4,8,10,18H2,1-3H3. The van der Waals surface area contributed by atoms with Crippen molar-refractivity contribution in [1.29, 1.82) is 0 Å². The predicted molar refractivity (Wildman–Crippen MR) is 83.0 cm³/mol. The van der Waals surface area contributed by atoms with Crippen LogP contribution in [0.25, 0.3) is 0 Å². The van der Waals surface area contributed by atoms with Crippen molar-refractivity contribution in [2.45, 2.75) is 58.0 Å². The highest BCUT2D eigenvalue weighted by molar-refractivity contribution is 5.41. The number of nitrogens with two attached hydrogens (primary N) is 1. The Kier molecular flexibility index (Phi) is 4.71. The number of benzene rings is 1. The Balaban J connectivity index is 2.18. The monoisotopic (exact) mass is 291 g/mol. The smallest absolute Gasteiger partial charge is 0.133 e. The molecule has 1 aliphatic rings. The Bertz CT molecular complexity index is 535. The van der Waals surface area contributed by atoms with Crippen LogP contribution in [0.15, 0.2) is 29.8 Å². The van der Waals surface area contributed by atoms with Gasteiger partial charge in [-0.25, -0.2) is 0 Å². The molecule has 0 spiro atoms. The number of hydrogen-bond donors (Lipinski definition) is 3. The maximum absolute atomic E-state index is 10.4. The molecule has 4 nitrogen and oxygen atoms in total. The highest BCUT2D eigenvalue weighted by Crippen LogP contribution is 2.37. The summed E-state index contributed by atoms with van der Waals surface area (Å²) in [6.45, 7) is 6.08. The number of ether oxygens (including phenoxy) is 1. The van der Waals surface area contributed by atoms with Crippen LogP contribution in [0, 0.1) is 0 Å². The number of aliphatic hydroxyl groups excluding tert-OH is 2. The van der Waals surface area contributed by atoms with E-state index in [0.717, 1.165) is 24.2 Å². The number of fused-ring (bicyclic) bond motifs is 1. The zero-order chi connectivity index (χ0) is 15.6. The number of rotatable bonds is 4. The Morgan fingerprint density at radius 2 is 2.24 bits per heavy atom. The number of allylic oxidation sites excluding steroid dienone is 2. The molecule has 0 aromatic heterocycles. The summed E-state index contributed by atoms with van der Waals surface area (Å²) in [4.78, 5) is 0. The topological polar surface area (TPSA) is 75.7 Å². The van der Waals surface area contributed by atoms with Gasteiger partial charge in [-0.2, -0.15) is 0 Å². The molecule has 116 valence electrons. The molecule has 4 N–H and O–H groups in total. The third-order valence-electron chi connectivity index (χ3n) is 4.08. The van der Waals surface area contributed by atoms with Gasteiger partial charge in [-0.1, -0.05) is 17.7 Å². The van der Waals surface area contributed by atoms with Gasteiger partial charge < -0.3 is 20.7 Å². The first kappa shape index (κ1) is 16.0. The second-order valence-corrected chi connectivity index (χ2v) is 6.27. The molecule has 21 heavy (non-hydrogen) atoms. The van der Waals surface area contributed by atoms with Crippen molar-refractivity contribution in [2.75, 3.05) is 0 Å². The van der Waals surface area contributed by atoms with Crippen molar-refractivity contribution in [3.8, 4) is 5.75 Å². The summed E-state index contributed by atoms with van der Waals surface area (Å²) in [5.41, 5.74) is 7.69. The zero-order valence-electron chi connectivity index (χ0n) is 13.0. The Labute approximate surface area is 126 Å². The lowest BCUT2D eigenvalue weighted by molar-refractivity contribution is -0.0588. The van der Waals surface area contributed by atoms with E-state index in [4.69, 9.17) is 10.5 Å². The largest absolute Gasteiger partial charge is 0.485 e. The Morgan fingerprint density at radius 1 is 1.52 bits per heavy atom. The molecule has 0 bridgehead atoms. The van der Waals surface area contributed by atoms with Gasteiger partial charge in [0.15, 0.2) is 0 Å². The first-order valence-electron chi connectivity index (χ1n) is 7.39. The lowest BCUT2D eigenvalue weighted by atomic mass is 9.85. The fourth-order valence-corrected chi connectivity index (χ4v) is 2.65. The molecule has 1 aromatic carbocycles. The van der Waals surface area contributed by atoms with Crippen molar-refractivity contribution in [3.63, 3.8) is 0 Å². The first-order chi connectivity index (χ1) is 9.82. The lowest BCUT2D eigenvalue weighted by Crippen LogP contribution is -2.48. The molecule has 4 heteroatoms. The maximum atomic E-state index is 10.4. The van der Waals surface area contributed by atoms with Gasteiger partial charge >= 0.3 is 0 Å². The van der Waals surface area contributed by atoms with E-state index in [2.05, 4.69) is 19.9 Å². The summed E-state index contributed by atoms with van der Waals surface area (Å²) in [7, 11) is 0. The lowest BCUT2D eigenvalue weighted by Gasteiger charge is -2.40. The van der Waals surface area contributed by atoms with E-state index in [-0.39, 0.29) is 0 Å². The van der Waals surface area contributed by atoms with Gasteiger partial charge in [0.05, 0.1) is 6.10 Å². The molecule has 3 unspecified atom stereocenters. The molecule has 1 heterocycles. The second kappa shape index (κ2) is 6.18. The van der Waals surface area contributed by atoms with Gasteiger partial charge in [-0.05, 0) is 56.9 Å². The number of hydrogen-bond acceptors (Lipinski definition) is 4. The molecule has 0 saturated heterocycles. The molecule has 1 aromatic rings. The second-order valence-electron chi connectivity index (χ2n) is 6.27. The molecule has 0 fully saturated rings. The Morgan fingerprint density at radius 3 is 2.86 bits per heavy atom. The van der Waals surface area contributed by atoms with E-state index in [0.29, 0.717) is 12.0 Å². The van der Waals surface area contributed by atoms with Crippen molar-refractivity contribution in [1.82, 2.24) is 0 Å². The average molecular weight is 291 g/mol. The van der Waals surface area contributed by atoms with Crippen LogP contribution in [-0.2, 0) is 6.42 Å². The summed E-state index contributed by atoms with van der Waals surface area (Å²) in [5, 5.41) is 19.9. The maximum Gasteiger partial charge on any atom is 0.133 e. The van der Waals surface area contributed by atoms with Crippen molar-refractivity contribution < 1.29 is 14.9 Å². The molecule has 2 rings (SSSR count). The van der Waals surface area contributed by atoms with E-state index in [1.165, 1.54) is 5.57 Å². The van der Waals surface area contributed by atoms with Crippen LogP contribution in [-0.4, -0.2) is 21.9 Å². The van der Waals surface area contributed by atoms with Gasteiger partial charge in [-0.15, -0.1) is 0 Å². The van der Waals surface area contributed by atoms with Crippen LogP contribution in [0.4, 0.5) is 0 Å². The van der Waals surface area contributed by atoms with E-state index in [9.17, 15) is 10.2 Å². The molecule has 0 saturated carbocycles. The van der Waals surface area contributed by atoms with Crippen LogP contribution < -0.4 is 10.5 Å². The summed E-state index contributed by atoms with van der Waals surface area (Å²) in [5.74, 6) is 0.768. The minimum absolute atomic E-state index is 0.515. The number of aliphatic hydroxyl groups is 2. The molecule has 3 atom stereocenters. The van der Waals surface area contributed by atoms with Crippen LogP contribution >= 0.6 is 0 Å². The average Bonchev–Trinajstić information content (AvgIpc) is 2.39. The van der Waals surface area contributed by atoms with Gasteiger partial charge in [-0.3, -0.25) is 0 Å². The quantitative estimate of drug-likeness (QED) is 0.588. The summed E-state index contributed by atoms with van der Waals surface area (Å²) in [6.07, 6.45) is 2.75. The fourth-order valence-electron chi connectivity index (χ4n) is 2.65. The molecular weight excluding hydrogens is 266 g/mol. The molecule has 0 radical (unpaired) electrons. The SMILES string of the molecule is CC(C)=CCCC1(C)Oc2ccc(C(N)O)cc2CC1O. The van der Waals surface area contributed by atoms with Crippen LogP contribution in [0.1, 0.15) is 51.0 Å². The van der Waals surface area contributed by atoms with Crippen molar-refractivity contribution >= 4 is 0 Å². The van der Waals surface area contributed by atoms with Gasteiger partial charge in [0.25, 0.3) is 0 Å². The van der Waals surface area contributed by atoms with Crippen LogP contribution in [0.3, 0.4) is 0 Å². The van der Waals surface area contributed by atoms with Gasteiger partial charge in [0, 0.05) is 6.42 Å². The van der Waals surface area contributed by atoms with Crippen LogP contribution in [0.5, 0.6) is 5.75 Å². The molecular formula is C17H25NO3. The minimum atomic E-state index is -1.00. The predicted octanol–water partition coefficient (Wildman–Crippen LogP) is 2.44.